The third-order valence-corrected chi connectivity index (χ3v) is 7.98. The van der Waals surface area contributed by atoms with Crippen LogP contribution in [0.1, 0.15) is 32.6 Å². The second kappa shape index (κ2) is 12.1. The molecule has 1 heterocycles. The Balaban J connectivity index is 1.60. The van der Waals surface area contributed by atoms with E-state index in [-0.39, 0.29) is 5.91 Å². The van der Waals surface area contributed by atoms with Crippen molar-refractivity contribution in [3.05, 3.63) is 143 Å². The van der Waals surface area contributed by atoms with Crippen LogP contribution in [0.3, 0.4) is 0 Å². The number of anilines is 2. The standard InChI is InChI=1S/C39H35N3O2/c1-6-21-40-39(43)31-16-8-7-15-30(31)36-32-19-17-28(41-37-24(2)11-9-12-25(37)3)22-34(32)44-35-23-29(18-20-33(35)36)42-38-26(4)13-10-14-27(38)5/h6-20,22-23,41H,1,21H2,2-5H3,(H,40,43)/b42-29-. The van der Waals surface area contributed by atoms with E-state index in [1.54, 1.807) is 6.08 Å². The van der Waals surface area contributed by atoms with E-state index in [0.29, 0.717) is 23.5 Å². The quantitative estimate of drug-likeness (QED) is 0.147. The molecule has 1 aliphatic carbocycles. The number of aryl methyl sites for hydroxylation is 4. The number of nitrogens with one attached hydrogen (secondary N) is 2. The molecule has 1 amide bonds. The van der Waals surface area contributed by atoms with Gasteiger partial charge in [0.1, 0.15) is 11.3 Å². The van der Waals surface area contributed by atoms with E-state index in [4.69, 9.17) is 9.41 Å². The summed E-state index contributed by atoms with van der Waals surface area (Å²) in [5.41, 5.74) is 11.5. The predicted octanol–water partition coefficient (Wildman–Crippen LogP) is 9.33. The normalized spacial score (nSPS) is 11.6. The lowest BCUT2D eigenvalue weighted by molar-refractivity contribution is 0.0958. The van der Waals surface area contributed by atoms with Gasteiger partial charge in [0.05, 0.1) is 11.0 Å². The highest BCUT2D eigenvalue weighted by Crippen LogP contribution is 2.42. The molecule has 0 radical (unpaired) electrons. The summed E-state index contributed by atoms with van der Waals surface area (Å²) in [4.78, 5) is 18.3. The summed E-state index contributed by atoms with van der Waals surface area (Å²) in [6.45, 7) is 12.5. The van der Waals surface area contributed by atoms with Gasteiger partial charge in [-0.15, -0.1) is 6.58 Å². The molecule has 44 heavy (non-hydrogen) atoms. The van der Waals surface area contributed by atoms with Gasteiger partial charge in [-0.3, -0.25) is 4.79 Å². The van der Waals surface area contributed by atoms with Gasteiger partial charge in [-0.05, 0) is 85.8 Å². The van der Waals surface area contributed by atoms with Gasteiger partial charge in [0.25, 0.3) is 5.91 Å². The summed E-state index contributed by atoms with van der Waals surface area (Å²) in [7, 11) is 0. The summed E-state index contributed by atoms with van der Waals surface area (Å²) in [6.07, 6.45) is 1.68. The number of benzene rings is 5. The number of carbonyl (C=O) groups is 1. The lowest BCUT2D eigenvalue weighted by atomic mass is 9.90. The van der Waals surface area contributed by atoms with Crippen LogP contribution in [-0.2, 0) is 0 Å². The first kappa shape index (κ1) is 28.7. The van der Waals surface area contributed by atoms with Crippen LogP contribution in [0.4, 0.5) is 17.1 Å². The van der Waals surface area contributed by atoms with Crippen molar-refractivity contribution in [3.63, 3.8) is 0 Å². The largest absolute Gasteiger partial charge is 0.456 e. The molecule has 5 nitrogen and oxygen atoms in total. The molecule has 4 aromatic carbocycles. The van der Waals surface area contributed by atoms with Gasteiger partial charge in [-0.1, -0.05) is 60.7 Å². The molecule has 6 rings (SSSR count). The predicted molar refractivity (Wildman–Crippen MR) is 181 cm³/mol. The second-order valence-electron chi connectivity index (χ2n) is 11.2. The summed E-state index contributed by atoms with van der Waals surface area (Å²) in [5.74, 6) is 0.531. The summed E-state index contributed by atoms with van der Waals surface area (Å²) < 4.78 is 6.64. The molecule has 1 aliphatic heterocycles. The molecule has 0 aromatic heterocycles. The number of carbonyl (C=O) groups excluding carboxylic acids is 1. The molecule has 0 unspecified atom stereocenters. The molecular weight excluding hydrogens is 542 g/mol. The summed E-state index contributed by atoms with van der Waals surface area (Å²) >= 11 is 0. The third-order valence-electron chi connectivity index (χ3n) is 7.98. The van der Waals surface area contributed by atoms with Crippen molar-refractivity contribution in [2.24, 2.45) is 4.99 Å². The van der Waals surface area contributed by atoms with Gasteiger partial charge < -0.3 is 15.1 Å². The Kier molecular flexibility index (Phi) is 7.86. The molecule has 0 saturated heterocycles. The van der Waals surface area contributed by atoms with E-state index >= 15 is 0 Å². The maximum absolute atomic E-state index is 13.3. The van der Waals surface area contributed by atoms with E-state index in [9.17, 15) is 4.79 Å². The number of hydrogen-bond donors (Lipinski definition) is 2. The number of amides is 1. The highest BCUT2D eigenvalue weighted by Gasteiger charge is 2.22. The van der Waals surface area contributed by atoms with Gasteiger partial charge in [-0.25, -0.2) is 4.99 Å². The Morgan fingerprint density at radius 2 is 1.50 bits per heavy atom. The third kappa shape index (κ3) is 5.52. The van der Waals surface area contributed by atoms with Gasteiger partial charge in [0.15, 0.2) is 0 Å². The van der Waals surface area contributed by atoms with Crippen LogP contribution in [0.15, 0.2) is 119 Å². The fourth-order valence-electron chi connectivity index (χ4n) is 5.74. The Morgan fingerprint density at radius 3 is 2.23 bits per heavy atom. The van der Waals surface area contributed by atoms with Crippen molar-refractivity contribution < 1.29 is 9.21 Å². The minimum Gasteiger partial charge on any atom is -0.456 e. The SMILES string of the molecule is C=CCNC(=O)c1ccccc1-c1c2cc/c(=N/c3c(C)cccc3C)cc-2oc2cc(Nc3c(C)cccc3C)ccc12. The Bertz CT molecular complexity index is 2050. The molecule has 0 bridgehead atoms. The maximum Gasteiger partial charge on any atom is 0.252 e. The Labute approximate surface area is 258 Å². The highest BCUT2D eigenvalue weighted by atomic mass is 16.3. The summed E-state index contributed by atoms with van der Waals surface area (Å²) in [6, 6.07) is 32.3. The van der Waals surface area contributed by atoms with E-state index in [1.807, 2.05) is 54.6 Å². The van der Waals surface area contributed by atoms with Crippen LogP contribution in [0.25, 0.3) is 33.4 Å². The molecule has 0 spiro atoms. The van der Waals surface area contributed by atoms with Gasteiger partial charge >= 0.3 is 0 Å². The van der Waals surface area contributed by atoms with Crippen LogP contribution in [0.2, 0.25) is 0 Å². The number of fused-ring (bicyclic) bond motifs is 2. The van der Waals surface area contributed by atoms with Crippen LogP contribution in [-0.4, -0.2) is 12.5 Å². The average molecular weight is 578 g/mol. The molecule has 4 aromatic rings. The average Bonchev–Trinajstić information content (AvgIpc) is 3.02. The van der Waals surface area contributed by atoms with Crippen LogP contribution >= 0.6 is 0 Å². The van der Waals surface area contributed by atoms with Gasteiger partial charge in [-0.2, -0.15) is 0 Å². The molecule has 0 fully saturated rings. The fraction of sp³-hybridized carbons (Fsp3) is 0.128. The monoisotopic (exact) mass is 577 g/mol. The molecule has 2 N–H and O–H groups in total. The first-order chi connectivity index (χ1) is 21.3. The van der Waals surface area contributed by atoms with Crippen LogP contribution in [0, 0.1) is 27.7 Å². The molecule has 0 saturated carbocycles. The van der Waals surface area contributed by atoms with Crippen molar-refractivity contribution in [1.82, 2.24) is 5.32 Å². The van der Waals surface area contributed by atoms with E-state index in [0.717, 1.165) is 55.6 Å². The highest BCUT2D eigenvalue weighted by molar-refractivity contribution is 6.09. The fourth-order valence-corrected chi connectivity index (χ4v) is 5.74. The Morgan fingerprint density at radius 1 is 0.795 bits per heavy atom. The molecule has 218 valence electrons. The lowest BCUT2D eigenvalue weighted by Gasteiger charge is -2.19. The molecule has 2 aliphatic rings. The zero-order chi connectivity index (χ0) is 30.8. The topological polar surface area (TPSA) is 66.6 Å². The van der Waals surface area contributed by atoms with Crippen molar-refractivity contribution in [2.45, 2.75) is 27.7 Å². The zero-order valence-electron chi connectivity index (χ0n) is 25.5. The van der Waals surface area contributed by atoms with Crippen molar-refractivity contribution in [1.29, 1.82) is 0 Å². The lowest BCUT2D eigenvalue weighted by Crippen LogP contribution is -2.23. The van der Waals surface area contributed by atoms with E-state index in [2.05, 4.69) is 87.4 Å². The molecular formula is C39H35N3O2. The van der Waals surface area contributed by atoms with E-state index < -0.39 is 0 Å². The van der Waals surface area contributed by atoms with Crippen molar-refractivity contribution >= 4 is 33.9 Å². The van der Waals surface area contributed by atoms with Gasteiger partial charge in [0, 0.05) is 52.1 Å². The first-order valence-corrected chi connectivity index (χ1v) is 14.8. The number of hydrogen-bond acceptors (Lipinski definition) is 4. The maximum atomic E-state index is 13.3. The van der Waals surface area contributed by atoms with Crippen LogP contribution < -0.4 is 16.0 Å². The zero-order valence-corrected chi connectivity index (χ0v) is 25.5. The van der Waals surface area contributed by atoms with Crippen LogP contribution in [0.5, 0.6) is 0 Å². The van der Waals surface area contributed by atoms with E-state index in [1.165, 1.54) is 11.1 Å². The number of rotatable bonds is 7. The Hall–Kier alpha value is -5.42. The second-order valence-corrected chi connectivity index (χ2v) is 11.2. The smallest absolute Gasteiger partial charge is 0.252 e. The van der Waals surface area contributed by atoms with Gasteiger partial charge in [0.2, 0.25) is 0 Å². The summed E-state index contributed by atoms with van der Waals surface area (Å²) in [5, 5.41) is 8.25. The minimum absolute atomic E-state index is 0.155. The first-order valence-electron chi connectivity index (χ1n) is 14.8. The number of para-hydroxylation sites is 2. The number of nitrogens with zero attached hydrogens (tertiary/aromatic N) is 1. The minimum atomic E-state index is -0.155. The van der Waals surface area contributed by atoms with Crippen molar-refractivity contribution in [2.75, 3.05) is 11.9 Å². The molecule has 5 heteroatoms. The molecule has 0 atom stereocenters. The van der Waals surface area contributed by atoms with Crippen molar-refractivity contribution in [3.8, 4) is 22.5 Å².